The minimum atomic E-state index is -2.83. The highest BCUT2D eigenvalue weighted by atomic mass is 16.5. The molecule has 1 saturated heterocycles. The topological polar surface area (TPSA) is 113 Å². The average molecular weight is 383 g/mol. The number of benzene rings is 2. The van der Waals surface area contributed by atoms with Gasteiger partial charge in [-0.2, -0.15) is 0 Å². The molecule has 0 aromatic heterocycles. The number of hydrogen-bond acceptors (Lipinski definition) is 7. The van der Waals surface area contributed by atoms with Gasteiger partial charge in [-0.25, -0.2) is 4.79 Å². The summed E-state index contributed by atoms with van der Waals surface area (Å²) in [5, 5.41) is 21.9. The number of esters is 1. The van der Waals surface area contributed by atoms with Crippen molar-refractivity contribution in [2.75, 3.05) is 19.1 Å². The zero-order valence-electron chi connectivity index (χ0n) is 15.1. The van der Waals surface area contributed by atoms with Gasteiger partial charge in [0.05, 0.1) is 14.2 Å². The maximum atomic E-state index is 12.7. The van der Waals surface area contributed by atoms with Gasteiger partial charge in [0.15, 0.2) is 0 Å². The number of rotatable bonds is 4. The van der Waals surface area contributed by atoms with Crippen LogP contribution in [0.4, 0.5) is 5.69 Å². The molecule has 1 aliphatic heterocycles. The van der Waals surface area contributed by atoms with Crippen LogP contribution in [0.3, 0.4) is 0 Å². The second-order valence-electron chi connectivity index (χ2n) is 5.92. The quantitative estimate of drug-likeness (QED) is 0.355. The number of methoxy groups -OCH3 is 2. The Kier molecular flexibility index (Phi) is 4.89. The molecule has 1 unspecified atom stereocenters. The Morgan fingerprint density at radius 3 is 2.14 bits per heavy atom. The van der Waals surface area contributed by atoms with E-state index in [1.807, 2.05) is 0 Å². The summed E-state index contributed by atoms with van der Waals surface area (Å²) in [5.41, 5.74) is -3.41. The molecule has 0 bridgehead atoms. The van der Waals surface area contributed by atoms with E-state index in [9.17, 15) is 24.6 Å². The molecule has 0 aliphatic carbocycles. The fourth-order valence-electron chi connectivity index (χ4n) is 3.01. The maximum absolute atomic E-state index is 12.7. The van der Waals surface area contributed by atoms with E-state index in [4.69, 9.17) is 4.74 Å². The lowest BCUT2D eigenvalue weighted by Gasteiger charge is -2.30. The van der Waals surface area contributed by atoms with Crippen LogP contribution in [0.25, 0.3) is 5.76 Å². The first-order valence-corrected chi connectivity index (χ1v) is 8.19. The minimum Gasteiger partial charge on any atom is -0.507 e. The first kappa shape index (κ1) is 19.1. The lowest BCUT2D eigenvalue weighted by atomic mass is 9.97. The van der Waals surface area contributed by atoms with Crippen molar-refractivity contribution < 1.29 is 34.1 Å². The highest BCUT2D eigenvalue weighted by molar-refractivity contribution is 6.54. The third kappa shape index (κ3) is 2.80. The highest BCUT2D eigenvalue weighted by Gasteiger charge is 2.62. The molecule has 1 fully saturated rings. The highest BCUT2D eigenvalue weighted by Crippen LogP contribution is 2.39. The van der Waals surface area contributed by atoms with Crippen molar-refractivity contribution in [3.63, 3.8) is 0 Å². The first-order valence-electron chi connectivity index (χ1n) is 8.19. The average Bonchev–Trinajstić information content (AvgIpc) is 2.93. The number of anilines is 1. The minimum absolute atomic E-state index is 0.0891. The molecule has 8 nitrogen and oxygen atoms in total. The summed E-state index contributed by atoms with van der Waals surface area (Å²) in [6, 6.07) is 13.5. The Labute approximate surface area is 160 Å². The summed E-state index contributed by atoms with van der Waals surface area (Å²) in [6.07, 6.45) is 0. The van der Waals surface area contributed by atoms with Crippen LogP contribution < -0.4 is 9.64 Å². The molecule has 1 amide bonds. The van der Waals surface area contributed by atoms with E-state index in [-0.39, 0.29) is 11.3 Å². The summed E-state index contributed by atoms with van der Waals surface area (Å²) < 4.78 is 9.67. The molecule has 1 heterocycles. The molecule has 0 radical (unpaired) electrons. The Morgan fingerprint density at radius 2 is 1.61 bits per heavy atom. The Morgan fingerprint density at radius 1 is 1.00 bits per heavy atom. The summed E-state index contributed by atoms with van der Waals surface area (Å²) in [7, 11) is 2.46. The maximum Gasteiger partial charge on any atom is 0.365 e. The summed E-state index contributed by atoms with van der Waals surface area (Å²) in [5.74, 6) is -3.90. The van der Waals surface area contributed by atoms with Crippen molar-refractivity contribution in [3.8, 4) is 5.75 Å². The van der Waals surface area contributed by atoms with Crippen LogP contribution in [0.2, 0.25) is 0 Å². The number of ether oxygens (including phenoxy) is 2. The Bertz CT molecular complexity index is 966. The summed E-state index contributed by atoms with van der Waals surface area (Å²) in [6.45, 7) is 0. The van der Waals surface area contributed by atoms with E-state index >= 15 is 0 Å². The lowest BCUT2D eigenvalue weighted by Crippen LogP contribution is -2.54. The smallest absolute Gasteiger partial charge is 0.365 e. The molecule has 1 aliphatic rings. The predicted molar refractivity (Wildman–Crippen MR) is 98.4 cm³/mol. The van der Waals surface area contributed by atoms with Crippen LogP contribution in [-0.2, 0) is 19.1 Å². The number of carbonyl (C=O) groups excluding carboxylic acids is 3. The number of aliphatic hydroxyl groups is 2. The molecule has 0 spiro atoms. The number of amides is 1. The molecule has 2 N–H and O–H groups in total. The van der Waals surface area contributed by atoms with E-state index < -0.39 is 34.7 Å². The van der Waals surface area contributed by atoms with E-state index in [0.717, 1.165) is 7.11 Å². The van der Waals surface area contributed by atoms with Gasteiger partial charge < -0.3 is 19.7 Å². The van der Waals surface area contributed by atoms with Gasteiger partial charge >= 0.3 is 11.9 Å². The SMILES string of the molecule is COC(=O)C1(O)C(=C(O)c2ccc(OC)cc2)C(=O)C(=O)N1c1ccccc1. The number of para-hydroxylation sites is 1. The van der Waals surface area contributed by atoms with Gasteiger partial charge in [0.1, 0.15) is 17.1 Å². The zero-order chi connectivity index (χ0) is 20.5. The fraction of sp³-hybridized carbons (Fsp3) is 0.150. The molecular weight excluding hydrogens is 366 g/mol. The number of nitrogens with zero attached hydrogens (tertiary/aromatic N) is 1. The molecule has 2 aromatic carbocycles. The summed E-state index contributed by atoms with van der Waals surface area (Å²) in [4.78, 5) is 38.4. The Hall–Kier alpha value is -3.65. The fourth-order valence-corrected chi connectivity index (χ4v) is 3.01. The molecule has 28 heavy (non-hydrogen) atoms. The first-order chi connectivity index (χ1) is 13.4. The van der Waals surface area contributed by atoms with E-state index in [0.29, 0.717) is 10.6 Å². The van der Waals surface area contributed by atoms with Crippen LogP contribution in [-0.4, -0.2) is 47.8 Å². The van der Waals surface area contributed by atoms with Gasteiger partial charge in [-0.1, -0.05) is 18.2 Å². The predicted octanol–water partition coefficient (Wildman–Crippen LogP) is 1.44. The van der Waals surface area contributed by atoms with Crippen molar-refractivity contribution in [1.82, 2.24) is 0 Å². The third-order valence-electron chi connectivity index (χ3n) is 4.38. The second-order valence-corrected chi connectivity index (χ2v) is 5.92. The zero-order valence-corrected chi connectivity index (χ0v) is 15.1. The van der Waals surface area contributed by atoms with Crippen molar-refractivity contribution in [1.29, 1.82) is 0 Å². The number of hydrogen-bond donors (Lipinski definition) is 2. The molecule has 3 rings (SSSR count). The van der Waals surface area contributed by atoms with E-state index in [2.05, 4.69) is 4.74 Å². The van der Waals surface area contributed by atoms with Crippen molar-refractivity contribution in [2.45, 2.75) is 5.72 Å². The van der Waals surface area contributed by atoms with Gasteiger partial charge in [-0.05, 0) is 36.4 Å². The molecular formula is C20H17NO7. The lowest BCUT2D eigenvalue weighted by molar-refractivity contribution is -0.158. The van der Waals surface area contributed by atoms with Crippen LogP contribution >= 0.6 is 0 Å². The second kappa shape index (κ2) is 7.16. The summed E-state index contributed by atoms with van der Waals surface area (Å²) >= 11 is 0. The third-order valence-corrected chi connectivity index (χ3v) is 4.38. The van der Waals surface area contributed by atoms with Crippen molar-refractivity contribution in [2.24, 2.45) is 0 Å². The molecule has 144 valence electrons. The van der Waals surface area contributed by atoms with E-state index in [1.165, 1.54) is 43.5 Å². The van der Waals surface area contributed by atoms with Crippen molar-refractivity contribution in [3.05, 3.63) is 65.7 Å². The molecule has 1 atom stereocenters. The monoisotopic (exact) mass is 383 g/mol. The largest absolute Gasteiger partial charge is 0.507 e. The number of aliphatic hydroxyl groups excluding tert-OH is 1. The standard InChI is InChI=1S/C20H17NO7/c1-27-14-10-8-12(9-11-14)16(22)15-17(23)18(24)21(13-6-4-3-5-7-13)20(15,26)19(25)28-2/h3-11,22,26H,1-2H3. The number of ketones is 1. The van der Waals surface area contributed by atoms with Gasteiger partial charge in [-0.3, -0.25) is 14.5 Å². The van der Waals surface area contributed by atoms with Crippen LogP contribution in [0.1, 0.15) is 5.56 Å². The number of carbonyl (C=O) groups is 3. The van der Waals surface area contributed by atoms with Gasteiger partial charge in [0.25, 0.3) is 11.5 Å². The molecule has 0 saturated carbocycles. The Balaban J connectivity index is 2.24. The normalized spacial score (nSPS) is 20.9. The van der Waals surface area contributed by atoms with Crippen LogP contribution in [0.5, 0.6) is 5.75 Å². The van der Waals surface area contributed by atoms with E-state index in [1.54, 1.807) is 18.2 Å². The van der Waals surface area contributed by atoms with Gasteiger partial charge in [-0.15, -0.1) is 0 Å². The van der Waals surface area contributed by atoms with Crippen LogP contribution in [0.15, 0.2) is 60.2 Å². The van der Waals surface area contributed by atoms with Gasteiger partial charge in [0.2, 0.25) is 0 Å². The number of Topliss-reactive ketones (excluding diaryl/α,β-unsaturated/α-hetero) is 1. The van der Waals surface area contributed by atoms with Gasteiger partial charge in [0, 0.05) is 11.3 Å². The van der Waals surface area contributed by atoms with Crippen LogP contribution in [0, 0.1) is 0 Å². The van der Waals surface area contributed by atoms with Crippen molar-refractivity contribution >= 4 is 29.1 Å². The molecule has 2 aromatic rings. The molecule has 8 heteroatoms.